The van der Waals surface area contributed by atoms with E-state index in [-0.39, 0.29) is 12.2 Å². The Kier molecular flexibility index (Phi) is 4.49. The number of benzene rings is 1. The molecule has 0 N–H and O–H groups in total. The first-order valence-corrected chi connectivity index (χ1v) is 10.5. The Morgan fingerprint density at radius 1 is 1.06 bits per heavy atom. The molecule has 4 heterocycles. The summed E-state index contributed by atoms with van der Waals surface area (Å²) in [6.07, 6.45) is 6.45. The van der Waals surface area contributed by atoms with Crippen LogP contribution < -0.4 is 4.90 Å². The number of ketones is 1. The van der Waals surface area contributed by atoms with Crippen molar-refractivity contribution in [3.8, 4) is 11.1 Å². The minimum absolute atomic E-state index is 0.0720. The van der Waals surface area contributed by atoms with E-state index < -0.39 is 6.98 Å². The van der Waals surface area contributed by atoms with Gasteiger partial charge in [-0.3, -0.25) is 9.48 Å². The third-order valence-electron chi connectivity index (χ3n) is 5.76. The molecule has 0 atom stereocenters. The second-order valence-electron chi connectivity index (χ2n) is 8.03. The van der Waals surface area contributed by atoms with E-state index in [1.54, 1.807) is 18.5 Å². The van der Waals surface area contributed by atoms with Crippen LogP contribution in [-0.4, -0.2) is 68.6 Å². The highest BCUT2D eigenvalue weighted by Crippen LogP contribution is 2.23. The van der Waals surface area contributed by atoms with E-state index >= 15 is 0 Å². The summed E-state index contributed by atoms with van der Waals surface area (Å²) >= 11 is 0. The average molecular weight is 431 g/mol. The van der Waals surface area contributed by atoms with Crippen LogP contribution in [0.25, 0.3) is 22.0 Å². The summed E-state index contributed by atoms with van der Waals surface area (Å²) in [5.74, 6) is 1.17. The van der Waals surface area contributed by atoms with Crippen molar-refractivity contribution < 1.29 is 8.91 Å². The number of anilines is 1. The number of likely N-dealkylation sites (N-methyl/N-ethyl adjacent to an activating group) is 1. The Bertz CT molecular complexity index is 1380. The van der Waals surface area contributed by atoms with Crippen LogP contribution in [0.3, 0.4) is 0 Å². The molecule has 8 nitrogen and oxygen atoms in total. The van der Waals surface area contributed by atoms with E-state index in [2.05, 4.69) is 36.9 Å². The van der Waals surface area contributed by atoms with Gasteiger partial charge in [0.15, 0.2) is 5.78 Å². The quantitative estimate of drug-likeness (QED) is 0.450. The van der Waals surface area contributed by atoms with Gasteiger partial charge in [0.05, 0.1) is 18.1 Å². The molecule has 5 rings (SSSR count). The van der Waals surface area contributed by atoms with Gasteiger partial charge >= 0.3 is 0 Å². The fourth-order valence-electron chi connectivity index (χ4n) is 3.84. The van der Waals surface area contributed by atoms with Crippen molar-refractivity contribution >= 4 is 22.5 Å². The maximum absolute atomic E-state index is 13.0. The van der Waals surface area contributed by atoms with Gasteiger partial charge in [-0.05, 0) is 30.8 Å². The summed E-state index contributed by atoms with van der Waals surface area (Å²) in [7, 11) is 2.10. The summed E-state index contributed by atoms with van der Waals surface area (Å²) < 4.78 is 23.4. The van der Waals surface area contributed by atoms with Gasteiger partial charge in [0.2, 0.25) is 0 Å². The maximum atomic E-state index is 13.0. The standard InChI is InChI=1S/C24H25N7O/c1-29-7-9-31(10-8-29)24-12-18(5-6-25-24)22(32)13-23-26-14-19-4-3-17(11-21(19)28-23)20-15-27-30(2)16-20/h3-6,11-12,14-16H,7-10,13H2,1-2H3/i2D3. The van der Waals surface area contributed by atoms with Crippen molar-refractivity contribution in [2.75, 3.05) is 38.1 Å². The van der Waals surface area contributed by atoms with Gasteiger partial charge in [0, 0.05) is 72.4 Å². The minimum Gasteiger partial charge on any atom is -0.354 e. The van der Waals surface area contributed by atoms with E-state index in [4.69, 9.17) is 4.11 Å². The molecule has 0 bridgehead atoms. The molecule has 0 amide bonds. The molecule has 1 fully saturated rings. The summed E-state index contributed by atoms with van der Waals surface area (Å²) in [6.45, 7) is 1.35. The number of hydrogen-bond donors (Lipinski definition) is 0. The van der Waals surface area contributed by atoms with E-state index in [0.29, 0.717) is 22.5 Å². The Hall–Kier alpha value is -3.65. The van der Waals surface area contributed by atoms with Gasteiger partial charge in [-0.2, -0.15) is 5.10 Å². The molecule has 1 aromatic carbocycles. The highest BCUT2D eigenvalue weighted by molar-refractivity contribution is 5.98. The molecule has 0 spiro atoms. The summed E-state index contributed by atoms with van der Waals surface area (Å²) in [6, 6.07) is 9.16. The molecule has 0 aliphatic carbocycles. The van der Waals surface area contributed by atoms with Crippen molar-refractivity contribution in [1.29, 1.82) is 0 Å². The first-order valence-electron chi connectivity index (χ1n) is 12.0. The van der Waals surface area contributed by atoms with Crippen molar-refractivity contribution in [2.24, 2.45) is 6.98 Å². The lowest BCUT2D eigenvalue weighted by molar-refractivity contribution is 0.0991. The number of rotatable bonds is 5. The molecular formula is C24H25N7O. The number of aryl methyl sites for hydroxylation is 1. The predicted octanol–water partition coefficient (Wildman–Crippen LogP) is 2.60. The molecule has 8 heteroatoms. The number of Topliss-reactive ketones (excluding diaryl/α,β-unsaturated/α-hetero) is 1. The molecule has 1 saturated heterocycles. The van der Waals surface area contributed by atoms with Crippen molar-refractivity contribution in [2.45, 2.75) is 6.42 Å². The zero-order valence-electron chi connectivity index (χ0n) is 20.8. The van der Waals surface area contributed by atoms with Gasteiger partial charge < -0.3 is 9.80 Å². The average Bonchev–Trinajstić information content (AvgIpc) is 3.35. The number of pyridine rings is 1. The van der Waals surface area contributed by atoms with Crippen molar-refractivity contribution in [3.05, 3.63) is 66.5 Å². The van der Waals surface area contributed by atoms with Crippen LogP contribution in [0.5, 0.6) is 0 Å². The molecule has 162 valence electrons. The second-order valence-corrected chi connectivity index (χ2v) is 8.03. The number of carbonyl (C=O) groups is 1. The third kappa shape index (κ3) is 4.22. The van der Waals surface area contributed by atoms with Gasteiger partial charge in [-0.25, -0.2) is 15.0 Å². The molecule has 32 heavy (non-hydrogen) atoms. The number of aromatic nitrogens is 5. The van der Waals surface area contributed by atoms with Crippen LogP contribution in [0.4, 0.5) is 5.82 Å². The lowest BCUT2D eigenvalue weighted by Crippen LogP contribution is -2.44. The first kappa shape index (κ1) is 17.0. The largest absolute Gasteiger partial charge is 0.354 e. The predicted molar refractivity (Wildman–Crippen MR) is 124 cm³/mol. The molecule has 0 saturated carbocycles. The minimum atomic E-state index is -2.33. The Morgan fingerprint density at radius 3 is 2.75 bits per heavy atom. The van der Waals surface area contributed by atoms with Crippen molar-refractivity contribution in [3.63, 3.8) is 0 Å². The molecular weight excluding hydrogens is 402 g/mol. The van der Waals surface area contributed by atoms with Crippen LogP contribution in [-0.2, 0) is 13.4 Å². The maximum Gasteiger partial charge on any atom is 0.170 e. The summed E-state index contributed by atoms with van der Waals surface area (Å²) in [4.78, 5) is 30.9. The smallest absolute Gasteiger partial charge is 0.170 e. The van der Waals surface area contributed by atoms with Crippen LogP contribution in [0.1, 0.15) is 20.3 Å². The topological polar surface area (TPSA) is 80.0 Å². The van der Waals surface area contributed by atoms with E-state index in [0.717, 1.165) is 47.6 Å². The highest BCUT2D eigenvalue weighted by Gasteiger charge is 2.17. The highest BCUT2D eigenvalue weighted by atomic mass is 16.1. The monoisotopic (exact) mass is 430 g/mol. The molecule has 0 unspecified atom stereocenters. The number of hydrogen-bond acceptors (Lipinski definition) is 7. The fourth-order valence-corrected chi connectivity index (χ4v) is 3.84. The van der Waals surface area contributed by atoms with Gasteiger partial charge in [-0.1, -0.05) is 12.1 Å². The number of fused-ring (bicyclic) bond motifs is 1. The summed E-state index contributed by atoms with van der Waals surface area (Å²) in [5.41, 5.74) is 2.72. The fraction of sp³-hybridized carbons (Fsp3) is 0.292. The number of nitrogens with zero attached hydrogens (tertiary/aromatic N) is 7. The van der Waals surface area contributed by atoms with Crippen LogP contribution >= 0.6 is 0 Å². The van der Waals surface area contributed by atoms with Crippen LogP contribution in [0.2, 0.25) is 0 Å². The van der Waals surface area contributed by atoms with Gasteiger partial charge in [0.25, 0.3) is 0 Å². The normalized spacial score (nSPS) is 16.5. The van der Waals surface area contributed by atoms with Crippen LogP contribution in [0, 0.1) is 0 Å². The second kappa shape index (κ2) is 8.47. The SMILES string of the molecule is [2H]C([2H])([2H])n1cc(-c2ccc3cnc(CC(=O)c4ccnc(N5CCN(C)CC5)c4)nc3c2)cn1. The molecule has 4 aromatic rings. The molecule has 0 radical (unpaired) electrons. The van der Waals surface area contributed by atoms with Gasteiger partial charge in [0.1, 0.15) is 11.6 Å². The van der Waals surface area contributed by atoms with E-state index in [9.17, 15) is 4.79 Å². The Morgan fingerprint density at radius 2 is 1.94 bits per heavy atom. The Labute approximate surface area is 190 Å². The lowest BCUT2D eigenvalue weighted by Gasteiger charge is -2.33. The van der Waals surface area contributed by atoms with E-state index in [1.165, 1.54) is 12.4 Å². The number of carbonyl (C=O) groups excluding carboxylic acids is 1. The molecule has 1 aliphatic heterocycles. The summed E-state index contributed by atoms with van der Waals surface area (Å²) in [5, 5.41) is 4.77. The third-order valence-corrected chi connectivity index (χ3v) is 5.76. The molecule has 3 aromatic heterocycles. The van der Waals surface area contributed by atoms with Crippen LogP contribution in [0.15, 0.2) is 55.1 Å². The van der Waals surface area contributed by atoms with Gasteiger partial charge in [-0.15, -0.1) is 0 Å². The zero-order valence-corrected chi connectivity index (χ0v) is 17.8. The zero-order chi connectivity index (χ0) is 24.6. The Balaban J connectivity index is 1.35. The lowest BCUT2D eigenvalue weighted by atomic mass is 10.1. The first-order chi connectivity index (χ1) is 16.8. The van der Waals surface area contributed by atoms with Crippen molar-refractivity contribution in [1.82, 2.24) is 29.6 Å². The molecule has 1 aliphatic rings. The van der Waals surface area contributed by atoms with E-state index in [1.807, 2.05) is 24.3 Å². The number of piperazine rings is 1.